The summed E-state index contributed by atoms with van der Waals surface area (Å²) in [5.41, 5.74) is 3.79. The number of anilines is 2. The monoisotopic (exact) mass is 875 g/mol. The van der Waals surface area contributed by atoms with Crippen molar-refractivity contribution in [2.45, 2.75) is 76.9 Å². The van der Waals surface area contributed by atoms with Crippen molar-refractivity contribution in [2.24, 2.45) is 11.8 Å². The lowest BCUT2D eigenvalue weighted by molar-refractivity contribution is -0.129. The molecule has 14 heteroatoms. The molecule has 64 heavy (non-hydrogen) atoms. The van der Waals surface area contributed by atoms with Crippen LogP contribution < -0.4 is 31.1 Å². The van der Waals surface area contributed by atoms with Gasteiger partial charge in [-0.1, -0.05) is 125 Å². The number of hydrogen-bond donors (Lipinski definition) is 6. The summed E-state index contributed by atoms with van der Waals surface area (Å²) in [6, 6.07) is 34.1. The molecule has 6 atom stereocenters. The van der Waals surface area contributed by atoms with Crippen LogP contribution in [-0.2, 0) is 22.4 Å². The van der Waals surface area contributed by atoms with E-state index in [1.165, 1.54) is 0 Å². The Morgan fingerprint density at radius 1 is 0.453 bits per heavy atom. The summed E-state index contributed by atoms with van der Waals surface area (Å²) in [7, 11) is 0. The lowest BCUT2D eigenvalue weighted by Gasteiger charge is -2.38. The minimum Gasteiger partial charge on any atom is -0.388 e. The lowest BCUT2D eigenvalue weighted by Crippen LogP contribution is -2.63. The molecule has 6 rings (SSSR count). The average molecular weight is 875 g/mol. The molecule has 0 aliphatic carbocycles. The van der Waals surface area contributed by atoms with Crippen molar-refractivity contribution >= 4 is 35.3 Å². The highest BCUT2D eigenvalue weighted by atomic mass is 16.3. The number of piperazine rings is 2. The SMILES string of the molecule is CC(C)[C@@H](NC(=O)N1CCN(c2ccccc2)CC1)C(=O)N[C@H](Cc1ccccc1)[C@H](O)[C@@H](O)[C@@H](Cc1ccccc1)NC(=O)[C@H](NC(=O)N1CCN(c2ccccc2)CC1)C(C)C. The molecule has 4 aromatic carbocycles. The molecule has 4 aromatic rings. The molecule has 6 amide bonds. The van der Waals surface area contributed by atoms with Crippen molar-refractivity contribution in [1.29, 1.82) is 0 Å². The van der Waals surface area contributed by atoms with Crippen molar-refractivity contribution in [1.82, 2.24) is 31.1 Å². The number of nitrogens with one attached hydrogen (secondary N) is 4. The van der Waals surface area contributed by atoms with Crippen molar-refractivity contribution in [3.8, 4) is 0 Å². The maximum Gasteiger partial charge on any atom is 0.318 e. The van der Waals surface area contributed by atoms with Gasteiger partial charge >= 0.3 is 12.1 Å². The summed E-state index contributed by atoms with van der Waals surface area (Å²) >= 11 is 0. The van der Waals surface area contributed by atoms with Gasteiger partial charge in [0, 0.05) is 63.7 Å². The van der Waals surface area contributed by atoms with Crippen LogP contribution in [0.2, 0.25) is 0 Å². The molecule has 2 aliphatic rings. The highest BCUT2D eigenvalue weighted by molar-refractivity contribution is 5.88. The zero-order valence-electron chi connectivity index (χ0n) is 37.6. The predicted octanol–water partition coefficient (Wildman–Crippen LogP) is 4.28. The van der Waals surface area contributed by atoms with E-state index >= 15 is 0 Å². The van der Waals surface area contributed by atoms with E-state index in [-0.39, 0.29) is 36.7 Å². The molecule has 6 N–H and O–H groups in total. The van der Waals surface area contributed by atoms with Crippen LogP contribution in [0, 0.1) is 11.8 Å². The molecule has 14 nitrogen and oxygen atoms in total. The molecule has 342 valence electrons. The summed E-state index contributed by atoms with van der Waals surface area (Å²) in [6.07, 6.45) is -2.83. The smallest absolute Gasteiger partial charge is 0.318 e. The molecule has 2 aliphatic heterocycles. The van der Waals surface area contributed by atoms with Crippen molar-refractivity contribution in [3.05, 3.63) is 132 Å². The standard InChI is InChI=1S/C50H66N8O6/c1-35(2)43(53-49(63)57-29-25-55(26-30-57)39-21-13-7-14-22-39)47(61)51-41(33-37-17-9-5-10-18-37)45(59)46(60)42(34-38-19-11-6-12-20-38)52-48(62)44(36(3)4)54-50(64)58-31-27-56(28-32-58)40-23-15-8-16-24-40/h5-24,35-36,41-46,59-60H,25-34H2,1-4H3,(H,51,61)(H,52,62)(H,53,63)(H,54,64)/t41-,42-,43-,44-,45+,46+/m1/s1. The number of aliphatic hydroxyl groups excluding tert-OH is 2. The van der Waals surface area contributed by atoms with Crippen LogP contribution in [0.3, 0.4) is 0 Å². The van der Waals surface area contributed by atoms with Gasteiger partial charge < -0.3 is 51.1 Å². The first-order valence-corrected chi connectivity index (χ1v) is 22.6. The Morgan fingerprint density at radius 3 is 1.05 bits per heavy atom. The summed E-state index contributed by atoms with van der Waals surface area (Å²) in [5, 5.41) is 36.2. The van der Waals surface area contributed by atoms with Gasteiger partial charge in [-0.2, -0.15) is 0 Å². The number of hydrogen-bond acceptors (Lipinski definition) is 8. The summed E-state index contributed by atoms with van der Waals surface area (Å²) in [4.78, 5) is 63.6. The Balaban J connectivity index is 1.15. The van der Waals surface area contributed by atoms with Gasteiger partial charge in [0.05, 0.1) is 12.1 Å². The molecule has 0 radical (unpaired) electrons. The molecule has 0 unspecified atom stereocenters. The number of rotatable bonds is 17. The third-order valence-electron chi connectivity index (χ3n) is 12.3. The van der Waals surface area contributed by atoms with Crippen LogP contribution in [0.25, 0.3) is 0 Å². The quantitative estimate of drug-likeness (QED) is 0.0915. The van der Waals surface area contributed by atoms with Crippen molar-refractivity contribution in [3.63, 3.8) is 0 Å². The van der Waals surface area contributed by atoms with Gasteiger partial charge in [-0.15, -0.1) is 0 Å². The summed E-state index contributed by atoms with van der Waals surface area (Å²) < 4.78 is 0. The highest BCUT2D eigenvalue weighted by Gasteiger charge is 2.38. The second kappa shape index (κ2) is 23.0. The van der Waals surface area contributed by atoms with Gasteiger partial charge in [-0.25, -0.2) is 9.59 Å². The summed E-state index contributed by atoms with van der Waals surface area (Å²) in [6.45, 7) is 11.9. The largest absolute Gasteiger partial charge is 0.388 e. The van der Waals surface area contributed by atoms with Gasteiger partial charge in [-0.3, -0.25) is 9.59 Å². The summed E-state index contributed by atoms with van der Waals surface area (Å²) in [5.74, 6) is -1.63. The Labute approximate surface area is 378 Å². The van der Waals surface area contributed by atoms with Crippen LogP contribution in [0.5, 0.6) is 0 Å². The van der Waals surface area contributed by atoms with E-state index < -0.39 is 48.2 Å². The first-order chi connectivity index (χ1) is 30.9. The van der Waals surface area contributed by atoms with Crippen LogP contribution in [0.4, 0.5) is 21.0 Å². The molecule has 0 saturated carbocycles. The maximum atomic E-state index is 14.2. The highest BCUT2D eigenvalue weighted by Crippen LogP contribution is 2.20. The number of benzene rings is 4. The number of aliphatic hydroxyl groups is 2. The van der Waals surface area contributed by atoms with Crippen molar-refractivity contribution < 1.29 is 29.4 Å². The zero-order valence-corrected chi connectivity index (χ0v) is 37.6. The van der Waals surface area contributed by atoms with E-state index in [1.54, 1.807) is 9.80 Å². The van der Waals surface area contributed by atoms with Gasteiger partial charge in [0.15, 0.2) is 0 Å². The Morgan fingerprint density at radius 2 is 0.750 bits per heavy atom. The van der Waals surface area contributed by atoms with Gasteiger partial charge in [-0.05, 0) is 60.1 Å². The van der Waals surface area contributed by atoms with Gasteiger partial charge in [0.2, 0.25) is 11.8 Å². The zero-order chi connectivity index (χ0) is 45.6. The van der Waals surface area contributed by atoms with Crippen LogP contribution in [0.1, 0.15) is 38.8 Å². The predicted molar refractivity (Wildman–Crippen MR) is 251 cm³/mol. The number of carbonyl (C=O) groups excluding carboxylic acids is 4. The molecule has 0 bridgehead atoms. The fraction of sp³-hybridized carbons (Fsp3) is 0.440. The van der Waals surface area contributed by atoms with Crippen LogP contribution in [0.15, 0.2) is 121 Å². The van der Waals surface area contributed by atoms with E-state index in [0.29, 0.717) is 52.4 Å². The van der Waals surface area contributed by atoms with Crippen LogP contribution in [-0.4, -0.2) is 133 Å². The van der Waals surface area contributed by atoms with E-state index in [1.807, 2.05) is 149 Å². The Kier molecular flexibility index (Phi) is 17.0. The fourth-order valence-corrected chi connectivity index (χ4v) is 8.40. The number of carbonyl (C=O) groups is 4. The fourth-order valence-electron chi connectivity index (χ4n) is 8.40. The van der Waals surface area contributed by atoms with E-state index in [2.05, 4.69) is 31.1 Å². The average Bonchev–Trinajstić information content (AvgIpc) is 3.32. The number of urea groups is 2. The van der Waals surface area contributed by atoms with Gasteiger partial charge in [0.25, 0.3) is 0 Å². The lowest BCUT2D eigenvalue weighted by atomic mass is 9.90. The Hall–Kier alpha value is -6.12. The number of amides is 6. The first kappa shape index (κ1) is 47.4. The second-order valence-corrected chi connectivity index (χ2v) is 17.6. The minimum atomic E-state index is -1.57. The second-order valence-electron chi connectivity index (χ2n) is 17.6. The van der Waals surface area contributed by atoms with Crippen LogP contribution >= 0.6 is 0 Å². The maximum absolute atomic E-state index is 14.2. The van der Waals surface area contributed by atoms with Gasteiger partial charge in [0.1, 0.15) is 24.3 Å². The molecular weight excluding hydrogens is 809 g/mol. The van der Waals surface area contributed by atoms with Crippen molar-refractivity contribution in [2.75, 3.05) is 62.2 Å². The molecule has 2 heterocycles. The third kappa shape index (κ3) is 13.0. The topological polar surface area (TPSA) is 170 Å². The molecule has 2 saturated heterocycles. The molecule has 0 spiro atoms. The molecular formula is C50H66N8O6. The molecule has 0 aromatic heterocycles. The third-order valence-corrected chi connectivity index (χ3v) is 12.3. The Bertz CT molecular complexity index is 1910. The molecule has 2 fully saturated rings. The number of para-hydroxylation sites is 2. The normalized spacial score (nSPS) is 17.2. The van der Waals surface area contributed by atoms with E-state index in [9.17, 15) is 29.4 Å². The number of nitrogens with zero attached hydrogens (tertiary/aromatic N) is 4. The first-order valence-electron chi connectivity index (χ1n) is 22.6. The van der Waals surface area contributed by atoms with E-state index in [4.69, 9.17) is 0 Å². The minimum absolute atomic E-state index is 0.152. The van der Waals surface area contributed by atoms with E-state index in [0.717, 1.165) is 22.5 Å².